The Morgan fingerprint density at radius 2 is 1.68 bits per heavy atom. The summed E-state index contributed by atoms with van der Waals surface area (Å²) >= 11 is 0. The van der Waals surface area contributed by atoms with E-state index in [4.69, 9.17) is 4.74 Å². The number of nitrogens with one attached hydrogen (secondary N) is 2. The lowest BCUT2D eigenvalue weighted by Gasteiger charge is -2.30. The van der Waals surface area contributed by atoms with Gasteiger partial charge in [0.2, 0.25) is 11.8 Å². The van der Waals surface area contributed by atoms with Gasteiger partial charge in [-0.3, -0.25) is 9.59 Å². The number of hydrogen-bond donors (Lipinski definition) is 2. The molecule has 1 heterocycles. The second-order valence-electron chi connectivity index (χ2n) is 10.6. The maximum absolute atomic E-state index is 13.6. The summed E-state index contributed by atoms with van der Waals surface area (Å²) < 4.78 is 46.2. The van der Waals surface area contributed by atoms with E-state index in [1.807, 2.05) is 38.1 Å². The first-order chi connectivity index (χ1) is 17.7. The molecule has 0 spiro atoms. The average Bonchev–Trinajstić information content (AvgIpc) is 2.93. The molecule has 0 aliphatic carbocycles. The molecule has 0 saturated carbocycles. The molecule has 3 rings (SSSR count). The fraction of sp³-hybridized carbons (Fsp3) is 0.464. The molecule has 2 atom stereocenters. The van der Waals surface area contributed by atoms with Crippen LogP contribution in [0.3, 0.4) is 0 Å². The first-order valence-corrected chi connectivity index (χ1v) is 12.5. The summed E-state index contributed by atoms with van der Waals surface area (Å²) in [5.41, 5.74) is -0.258. The minimum Gasteiger partial charge on any atom is -0.444 e. The van der Waals surface area contributed by atoms with Crippen LogP contribution < -0.4 is 15.5 Å². The van der Waals surface area contributed by atoms with E-state index >= 15 is 0 Å². The zero-order chi connectivity index (χ0) is 28.3. The molecule has 1 aliphatic heterocycles. The SMILES string of the molecule is CC(C)N1C(=O)C(NC(=O)C(Cc2ccccc2C(F)(F)F)NC(=O)OC(C)(C)C)CCc2ccccc21. The Bertz CT molecular complexity index is 1170. The quantitative estimate of drug-likeness (QED) is 0.546. The van der Waals surface area contributed by atoms with Gasteiger partial charge in [0.25, 0.3) is 0 Å². The summed E-state index contributed by atoms with van der Waals surface area (Å²) in [5, 5.41) is 5.10. The lowest BCUT2D eigenvalue weighted by molar-refractivity contribution is -0.138. The van der Waals surface area contributed by atoms with E-state index < -0.39 is 47.8 Å². The van der Waals surface area contributed by atoms with Gasteiger partial charge < -0.3 is 20.3 Å². The molecule has 2 unspecified atom stereocenters. The number of fused-ring (bicyclic) bond motifs is 1. The van der Waals surface area contributed by atoms with E-state index in [2.05, 4.69) is 10.6 Å². The van der Waals surface area contributed by atoms with Crippen molar-refractivity contribution in [3.05, 3.63) is 65.2 Å². The van der Waals surface area contributed by atoms with E-state index in [1.165, 1.54) is 18.2 Å². The molecular formula is C28H34F3N3O4. The number of nitrogens with zero attached hydrogens (tertiary/aromatic N) is 1. The molecule has 1 aliphatic rings. The first-order valence-electron chi connectivity index (χ1n) is 12.5. The predicted octanol–water partition coefficient (Wildman–Crippen LogP) is 5.01. The number of alkyl carbamates (subject to hydrolysis) is 1. The Morgan fingerprint density at radius 1 is 1.05 bits per heavy atom. The standard InChI is InChI=1S/C28H34F3N3O4/c1-17(2)34-23-13-9-7-10-18(23)14-15-21(25(34)36)32-24(35)22(33-26(37)38-27(3,4)5)16-19-11-6-8-12-20(19)28(29,30)31/h6-13,17,21-22H,14-16H2,1-5H3,(H,32,35)(H,33,37). The van der Waals surface area contributed by atoms with Gasteiger partial charge in [-0.25, -0.2) is 4.79 Å². The smallest absolute Gasteiger partial charge is 0.416 e. The van der Waals surface area contributed by atoms with Gasteiger partial charge in [-0.05, 0) is 70.7 Å². The summed E-state index contributed by atoms with van der Waals surface area (Å²) in [6.07, 6.45) is -5.24. The third-order valence-corrected chi connectivity index (χ3v) is 6.08. The van der Waals surface area contributed by atoms with E-state index in [9.17, 15) is 27.6 Å². The summed E-state index contributed by atoms with van der Waals surface area (Å²) in [7, 11) is 0. The number of aryl methyl sites for hydroxylation is 1. The highest BCUT2D eigenvalue weighted by atomic mass is 19.4. The predicted molar refractivity (Wildman–Crippen MR) is 138 cm³/mol. The zero-order valence-corrected chi connectivity index (χ0v) is 22.2. The molecule has 2 aromatic carbocycles. The Morgan fingerprint density at radius 3 is 2.32 bits per heavy atom. The highest BCUT2D eigenvalue weighted by molar-refractivity contribution is 6.01. The van der Waals surface area contributed by atoms with Gasteiger partial charge in [-0.1, -0.05) is 36.4 Å². The Balaban J connectivity index is 1.89. The summed E-state index contributed by atoms with van der Waals surface area (Å²) in [4.78, 5) is 41.1. The topological polar surface area (TPSA) is 87.7 Å². The Labute approximate surface area is 220 Å². The number of halogens is 3. The Hall–Kier alpha value is -3.56. The number of carbonyl (C=O) groups excluding carboxylic acids is 3. The number of hydrogen-bond acceptors (Lipinski definition) is 4. The van der Waals surface area contributed by atoms with Crippen LogP contribution in [0, 0.1) is 0 Å². The van der Waals surface area contributed by atoms with Crippen molar-refractivity contribution in [1.29, 1.82) is 0 Å². The van der Waals surface area contributed by atoms with Crippen molar-refractivity contribution in [2.24, 2.45) is 0 Å². The molecule has 0 aromatic heterocycles. The van der Waals surface area contributed by atoms with Crippen LogP contribution in [0.25, 0.3) is 0 Å². The van der Waals surface area contributed by atoms with Gasteiger partial charge in [0.05, 0.1) is 5.56 Å². The van der Waals surface area contributed by atoms with Crippen LogP contribution in [0.2, 0.25) is 0 Å². The molecular weight excluding hydrogens is 499 g/mol. The first kappa shape index (κ1) is 29.0. The summed E-state index contributed by atoms with van der Waals surface area (Å²) in [6, 6.07) is 9.79. The van der Waals surface area contributed by atoms with Gasteiger partial charge >= 0.3 is 12.3 Å². The molecule has 2 aromatic rings. The summed E-state index contributed by atoms with van der Waals surface area (Å²) in [5.74, 6) is -1.11. The molecule has 3 amide bonds. The largest absolute Gasteiger partial charge is 0.444 e. The van der Waals surface area contributed by atoms with E-state index in [0.29, 0.717) is 12.8 Å². The molecule has 0 saturated heterocycles. The second kappa shape index (κ2) is 11.4. The van der Waals surface area contributed by atoms with Crippen molar-refractivity contribution in [2.45, 2.75) is 83.8 Å². The van der Waals surface area contributed by atoms with E-state index in [0.717, 1.165) is 17.3 Å². The fourth-order valence-electron chi connectivity index (χ4n) is 4.46. The monoisotopic (exact) mass is 533 g/mol. The van der Waals surface area contributed by atoms with Gasteiger partial charge in [-0.2, -0.15) is 13.2 Å². The third kappa shape index (κ3) is 7.26. The fourth-order valence-corrected chi connectivity index (χ4v) is 4.46. The maximum Gasteiger partial charge on any atom is 0.416 e. The van der Waals surface area contributed by atoms with Crippen LogP contribution in [-0.2, 0) is 33.3 Å². The van der Waals surface area contributed by atoms with Crippen LogP contribution in [0.1, 0.15) is 57.7 Å². The number of para-hydroxylation sites is 1. The van der Waals surface area contributed by atoms with Crippen LogP contribution >= 0.6 is 0 Å². The molecule has 10 heteroatoms. The Kier molecular flexibility index (Phi) is 8.74. The van der Waals surface area contributed by atoms with Crippen molar-refractivity contribution in [1.82, 2.24) is 10.6 Å². The number of rotatable bonds is 6. The number of alkyl halides is 3. The normalized spacial score (nSPS) is 16.9. The number of benzene rings is 2. The highest BCUT2D eigenvalue weighted by Gasteiger charge is 2.37. The minimum atomic E-state index is -4.65. The molecule has 206 valence electrons. The van der Waals surface area contributed by atoms with E-state index in [-0.39, 0.29) is 17.5 Å². The van der Waals surface area contributed by atoms with Gasteiger partial charge in [-0.15, -0.1) is 0 Å². The lowest BCUT2D eigenvalue weighted by Crippen LogP contribution is -2.56. The summed E-state index contributed by atoms with van der Waals surface area (Å²) in [6.45, 7) is 8.61. The van der Waals surface area contributed by atoms with Crippen molar-refractivity contribution < 1.29 is 32.3 Å². The molecule has 0 radical (unpaired) electrons. The van der Waals surface area contributed by atoms with Gasteiger partial charge in [0, 0.05) is 18.2 Å². The van der Waals surface area contributed by atoms with E-state index in [1.54, 1.807) is 25.7 Å². The molecule has 2 N–H and O–H groups in total. The van der Waals surface area contributed by atoms with Gasteiger partial charge in [0.1, 0.15) is 17.7 Å². The maximum atomic E-state index is 13.6. The van der Waals surface area contributed by atoms with Crippen molar-refractivity contribution >= 4 is 23.6 Å². The lowest BCUT2D eigenvalue weighted by atomic mass is 9.98. The van der Waals surface area contributed by atoms with Crippen molar-refractivity contribution in [3.63, 3.8) is 0 Å². The van der Waals surface area contributed by atoms with Crippen molar-refractivity contribution in [3.8, 4) is 0 Å². The molecule has 38 heavy (non-hydrogen) atoms. The van der Waals surface area contributed by atoms with Crippen LogP contribution in [0.5, 0.6) is 0 Å². The molecule has 7 nitrogen and oxygen atoms in total. The number of carbonyl (C=O) groups is 3. The second-order valence-corrected chi connectivity index (χ2v) is 10.6. The van der Waals surface area contributed by atoms with Crippen LogP contribution in [-0.4, -0.2) is 41.6 Å². The molecule has 0 fully saturated rings. The third-order valence-electron chi connectivity index (χ3n) is 6.08. The number of ether oxygens (including phenoxy) is 1. The van der Waals surface area contributed by atoms with Crippen molar-refractivity contribution in [2.75, 3.05) is 4.90 Å². The average molecular weight is 534 g/mol. The highest BCUT2D eigenvalue weighted by Crippen LogP contribution is 2.33. The number of anilines is 1. The number of amides is 3. The van der Waals surface area contributed by atoms with Crippen LogP contribution in [0.15, 0.2) is 48.5 Å². The minimum absolute atomic E-state index is 0.167. The zero-order valence-electron chi connectivity index (χ0n) is 22.2. The van der Waals surface area contributed by atoms with Crippen LogP contribution in [0.4, 0.5) is 23.7 Å². The molecule has 0 bridgehead atoms. The van der Waals surface area contributed by atoms with Gasteiger partial charge in [0.15, 0.2) is 0 Å².